The van der Waals surface area contributed by atoms with Gasteiger partial charge in [0.05, 0.1) is 35.9 Å². The first-order chi connectivity index (χ1) is 8.82. The van der Waals surface area contributed by atoms with Crippen LogP contribution in [0.1, 0.15) is 31.3 Å². The summed E-state index contributed by atoms with van der Waals surface area (Å²) in [6.07, 6.45) is -2.82. The third kappa shape index (κ3) is 4.48. The molecule has 7 nitrogen and oxygen atoms in total. The topological polar surface area (TPSA) is 127 Å². The lowest BCUT2D eigenvalue weighted by Crippen LogP contribution is -2.30. The number of aromatic nitrogens is 2. The third-order valence-corrected chi connectivity index (χ3v) is 2.82. The van der Waals surface area contributed by atoms with Gasteiger partial charge in [0.1, 0.15) is 12.2 Å². The van der Waals surface area contributed by atoms with E-state index in [1.165, 1.54) is 26.2 Å². The van der Waals surface area contributed by atoms with Crippen LogP contribution >= 0.6 is 0 Å². The molecule has 0 unspecified atom stereocenters. The molecular weight excluding hydrogens is 252 g/mol. The molecule has 108 valence electrons. The summed E-state index contributed by atoms with van der Waals surface area (Å²) in [6.45, 7) is 2.82. The van der Waals surface area contributed by atoms with E-state index in [0.29, 0.717) is 5.69 Å². The van der Waals surface area contributed by atoms with E-state index >= 15 is 0 Å². The maximum absolute atomic E-state index is 9.72. The average Bonchev–Trinajstić information content (AvgIpc) is 2.37. The van der Waals surface area contributed by atoms with Crippen LogP contribution < -0.4 is 0 Å². The van der Waals surface area contributed by atoms with Gasteiger partial charge >= 0.3 is 0 Å². The molecule has 7 heteroatoms. The van der Waals surface area contributed by atoms with Crippen LogP contribution in [0.5, 0.6) is 0 Å². The van der Waals surface area contributed by atoms with E-state index in [9.17, 15) is 15.3 Å². The van der Waals surface area contributed by atoms with Crippen molar-refractivity contribution >= 4 is 0 Å². The van der Waals surface area contributed by atoms with E-state index in [1.54, 1.807) is 0 Å². The second kappa shape index (κ2) is 6.88. The van der Waals surface area contributed by atoms with Gasteiger partial charge in [0.15, 0.2) is 0 Å². The van der Waals surface area contributed by atoms with Crippen molar-refractivity contribution in [3.05, 3.63) is 23.8 Å². The minimum absolute atomic E-state index is 0.128. The van der Waals surface area contributed by atoms with Gasteiger partial charge in [0.25, 0.3) is 0 Å². The normalized spacial score (nSPS) is 19.5. The molecular formula is C12H20N2O5. The molecule has 0 aliphatic carbocycles. The van der Waals surface area contributed by atoms with Crippen molar-refractivity contribution in [3.63, 3.8) is 0 Å². The van der Waals surface area contributed by atoms with E-state index in [4.69, 9.17) is 10.2 Å². The standard InChI is InChI=1S/C12H20N2O5/c1-6(15)10(17)3-8-4-14-9(5-13-8)12(19)11(18)7(2)16/h4-7,10-12,15-19H,3H2,1-2H3/t6-,7-,10+,11-,12-/m1/s1. The summed E-state index contributed by atoms with van der Waals surface area (Å²) in [4.78, 5) is 7.90. The van der Waals surface area contributed by atoms with Crippen LogP contribution in [-0.2, 0) is 6.42 Å². The van der Waals surface area contributed by atoms with E-state index in [2.05, 4.69) is 9.97 Å². The largest absolute Gasteiger partial charge is 0.391 e. The summed E-state index contributed by atoms with van der Waals surface area (Å²) < 4.78 is 0. The Hall–Kier alpha value is -1.12. The fourth-order valence-corrected chi connectivity index (χ4v) is 1.45. The zero-order chi connectivity index (χ0) is 14.6. The van der Waals surface area contributed by atoms with Crippen LogP contribution in [0.4, 0.5) is 0 Å². The number of aliphatic hydroxyl groups excluding tert-OH is 5. The molecule has 0 spiro atoms. The van der Waals surface area contributed by atoms with Crippen LogP contribution in [0.15, 0.2) is 12.4 Å². The first kappa shape index (κ1) is 15.9. The molecule has 0 amide bonds. The molecule has 0 aliphatic rings. The summed E-state index contributed by atoms with van der Waals surface area (Å²) in [6, 6.07) is 0. The highest BCUT2D eigenvalue weighted by atomic mass is 16.4. The summed E-state index contributed by atoms with van der Waals surface area (Å²) in [5.74, 6) is 0. The van der Waals surface area contributed by atoms with Crippen molar-refractivity contribution in [3.8, 4) is 0 Å². The van der Waals surface area contributed by atoms with Crippen molar-refractivity contribution in [1.82, 2.24) is 9.97 Å². The molecule has 0 fully saturated rings. The monoisotopic (exact) mass is 272 g/mol. The van der Waals surface area contributed by atoms with Crippen LogP contribution in [0.3, 0.4) is 0 Å². The highest BCUT2D eigenvalue weighted by Gasteiger charge is 2.24. The Balaban J connectivity index is 2.71. The van der Waals surface area contributed by atoms with Crippen molar-refractivity contribution in [2.75, 3.05) is 0 Å². The predicted octanol–water partition coefficient (Wildman–Crippen LogP) is -1.46. The Kier molecular flexibility index (Phi) is 5.77. The van der Waals surface area contributed by atoms with E-state index in [0.717, 1.165) is 0 Å². The highest BCUT2D eigenvalue weighted by molar-refractivity contribution is 5.07. The molecule has 5 N–H and O–H groups in total. The lowest BCUT2D eigenvalue weighted by Gasteiger charge is -2.19. The van der Waals surface area contributed by atoms with Crippen molar-refractivity contribution in [1.29, 1.82) is 0 Å². The Morgan fingerprint density at radius 3 is 2.00 bits per heavy atom. The molecule has 0 saturated heterocycles. The minimum atomic E-state index is -1.34. The maximum atomic E-state index is 9.72. The number of aliphatic hydroxyl groups is 5. The van der Waals surface area contributed by atoms with Crippen LogP contribution in [0.25, 0.3) is 0 Å². The van der Waals surface area contributed by atoms with Gasteiger partial charge in [0.2, 0.25) is 0 Å². The Morgan fingerprint density at radius 1 is 0.947 bits per heavy atom. The SMILES string of the molecule is C[C@@H](O)[C@@H](O)[C@H](O)c1cnc(C[C@H](O)[C@@H](C)O)cn1. The molecule has 0 aliphatic heterocycles. The van der Waals surface area contributed by atoms with Gasteiger partial charge in [0, 0.05) is 12.6 Å². The Bertz CT molecular complexity index is 382. The van der Waals surface area contributed by atoms with Crippen LogP contribution in [0, 0.1) is 0 Å². The van der Waals surface area contributed by atoms with E-state index < -0.39 is 30.5 Å². The van der Waals surface area contributed by atoms with Gasteiger partial charge in [-0.3, -0.25) is 9.97 Å². The molecule has 0 saturated carbocycles. The summed E-state index contributed by atoms with van der Waals surface area (Å²) in [7, 11) is 0. The van der Waals surface area contributed by atoms with Gasteiger partial charge in [-0.05, 0) is 13.8 Å². The first-order valence-corrected chi connectivity index (χ1v) is 6.04. The second-order valence-corrected chi connectivity index (χ2v) is 4.62. The van der Waals surface area contributed by atoms with Crippen LogP contribution in [-0.4, -0.2) is 59.9 Å². The number of hydrogen-bond donors (Lipinski definition) is 5. The molecule has 1 aromatic heterocycles. The number of hydrogen-bond acceptors (Lipinski definition) is 7. The minimum Gasteiger partial charge on any atom is -0.391 e. The van der Waals surface area contributed by atoms with E-state index in [1.807, 2.05) is 0 Å². The second-order valence-electron chi connectivity index (χ2n) is 4.62. The molecule has 19 heavy (non-hydrogen) atoms. The van der Waals surface area contributed by atoms with Gasteiger partial charge in [-0.2, -0.15) is 0 Å². The summed E-state index contributed by atoms with van der Waals surface area (Å²) >= 11 is 0. The van der Waals surface area contributed by atoms with E-state index in [-0.39, 0.29) is 12.1 Å². The number of rotatable bonds is 6. The third-order valence-electron chi connectivity index (χ3n) is 2.82. The lowest BCUT2D eigenvalue weighted by molar-refractivity contribution is -0.0549. The van der Waals surface area contributed by atoms with Crippen molar-refractivity contribution < 1.29 is 25.5 Å². The predicted molar refractivity (Wildman–Crippen MR) is 66.1 cm³/mol. The fourth-order valence-electron chi connectivity index (χ4n) is 1.45. The molecule has 5 atom stereocenters. The van der Waals surface area contributed by atoms with Crippen molar-refractivity contribution in [2.45, 2.75) is 50.8 Å². The zero-order valence-corrected chi connectivity index (χ0v) is 10.9. The summed E-state index contributed by atoms with van der Waals surface area (Å²) in [5.41, 5.74) is 0.583. The lowest BCUT2D eigenvalue weighted by atomic mass is 10.1. The van der Waals surface area contributed by atoms with Gasteiger partial charge in [-0.25, -0.2) is 0 Å². The molecule has 1 aromatic rings. The van der Waals surface area contributed by atoms with Crippen molar-refractivity contribution in [2.24, 2.45) is 0 Å². The molecule has 0 bridgehead atoms. The van der Waals surface area contributed by atoms with Gasteiger partial charge in [-0.1, -0.05) is 0 Å². The summed E-state index contributed by atoms with van der Waals surface area (Å²) in [5, 5.41) is 47.0. The fraction of sp³-hybridized carbons (Fsp3) is 0.667. The number of nitrogens with zero attached hydrogens (tertiary/aromatic N) is 2. The molecule has 0 radical (unpaired) electrons. The molecule has 0 aromatic carbocycles. The van der Waals surface area contributed by atoms with Gasteiger partial charge < -0.3 is 25.5 Å². The highest BCUT2D eigenvalue weighted by Crippen LogP contribution is 2.16. The quantitative estimate of drug-likeness (QED) is 0.428. The molecule has 1 rings (SSSR count). The van der Waals surface area contributed by atoms with Gasteiger partial charge in [-0.15, -0.1) is 0 Å². The Labute approximate surface area is 111 Å². The zero-order valence-electron chi connectivity index (χ0n) is 10.9. The Morgan fingerprint density at radius 2 is 1.58 bits per heavy atom. The average molecular weight is 272 g/mol. The smallest absolute Gasteiger partial charge is 0.126 e. The molecule has 1 heterocycles. The maximum Gasteiger partial charge on any atom is 0.126 e. The first-order valence-electron chi connectivity index (χ1n) is 6.04. The van der Waals surface area contributed by atoms with Crippen LogP contribution in [0.2, 0.25) is 0 Å².